The van der Waals surface area contributed by atoms with Crippen LogP contribution in [0.5, 0.6) is 0 Å². The summed E-state index contributed by atoms with van der Waals surface area (Å²) < 4.78 is 1.41. The fourth-order valence-electron chi connectivity index (χ4n) is 2.79. The van der Waals surface area contributed by atoms with E-state index >= 15 is 0 Å². The summed E-state index contributed by atoms with van der Waals surface area (Å²) in [7, 11) is 0. The summed E-state index contributed by atoms with van der Waals surface area (Å²) in [5, 5.41) is 1.38. The van der Waals surface area contributed by atoms with Crippen LogP contribution in [0.1, 0.15) is 37.1 Å². The maximum atomic E-state index is 2.34. The first-order valence-corrected chi connectivity index (χ1v) is 8.73. The SMILES string of the molecule is CCCc1ccc(-c2ccc3cc(CCC)sc3c2)cc1. The normalized spacial score (nSPS) is 11.1. The lowest BCUT2D eigenvalue weighted by Crippen LogP contribution is -1.83. The molecule has 0 amide bonds. The Hall–Kier alpha value is -1.60. The first kappa shape index (κ1) is 14.3. The third kappa shape index (κ3) is 3.19. The summed E-state index contributed by atoms with van der Waals surface area (Å²) in [6, 6.07) is 18.2. The molecule has 0 nitrogen and oxygen atoms in total. The second-order valence-electron chi connectivity index (χ2n) is 5.66. The van der Waals surface area contributed by atoms with Gasteiger partial charge in [0, 0.05) is 9.58 Å². The Morgan fingerprint density at radius 2 is 1.48 bits per heavy atom. The molecule has 0 unspecified atom stereocenters. The van der Waals surface area contributed by atoms with Crippen molar-refractivity contribution in [2.75, 3.05) is 0 Å². The summed E-state index contributed by atoms with van der Waals surface area (Å²) in [6.45, 7) is 4.47. The van der Waals surface area contributed by atoms with Gasteiger partial charge in [0.1, 0.15) is 0 Å². The highest BCUT2D eigenvalue weighted by Crippen LogP contribution is 2.31. The fourth-order valence-corrected chi connectivity index (χ4v) is 3.99. The third-order valence-electron chi connectivity index (χ3n) is 3.89. The quantitative estimate of drug-likeness (QED) is 0.505. The van der Waals surface area contributed by atoms with Crippen LogP contribution in [0.4, 0.5) is 0 Å². The minimum atomic E-state index is 1.17. The van der Waals surface area contributed by atoms with Crippen LogP contribution >= 0.6 is 11.3 Å². The molecule has 1 heteroatoms. The molecule has 3 aromatic rings. The summed E-state index contributed by atoms with van der Waals surface area (Å²) in [6.07, 6.45) is 4.80. The van der Waals surface area contributed by atoms with Gasteiger partial charge in [-0.25, -0.2) is 0 Å². The molecule has 0 bridgehead atoms. The second kappa shape index (κ2) is 6.44. The van der Waals surface area contributed by atoms with Crippen LogP contribution in [0.3, 0.4) is 0 Å². The Balaban J connectivity index is 1.92. The number of fused-ring (bicyclic) bond motifs is 1. The summed E-state index contributed by atoms with van der Waals surface area (Å²) in [5.41, 5.74) is 4.08. The highest BCUT2D eigenvalue weighted by molar-refractivity contribution is 7.19. The van der Waals surface area contributed by atoms with Crippen molar-refractivity contribution in [2.45, 2.75) is 39.5 Å². The van der Waals surface area contributed by atoms with Gasteiger partial charge in [-0.3, -0.25) is 0 Å². The molecule has 0 saturated heterocycles. The highest BCUT2D eigenvalue weighted by Gasteiger charge is 2.04. The maximum absolute atomic E-state index is 2.34. The van der Waals surface area contributed by atoms with Crippen LogP contribution in [0, 0.1) is 0 Å². The van der Waals surface area contributed by atoms with E-state index in [0.717, 1.165) is 0 Å². The standard InChI is InChI=1S/C20H22S/c1-3-5-15-7-9-16(10-8-15)17-11-12-18-13-19(6-4-2)21-20(18)14-17/h7-14H,3-6H2,1-2H3. The van der Waals surface area contributed by atoms with E-state index in [2.05, 4.69) is 62.4 Å². The Kier molecular flexibility index (Phi) is 4.40. The maximum Gasteiger partial charge on any atom is 0.0351 e. The van der Waals surface area contributed by atoms with Gasteiger partial charge in [-0.15, -0.1) is 11.3 Å². The van der Waals surface area contributed by atoms with Gasteiger partial charge in [0.15, 0.2) is 0 Å². The molecule has 0 aliphatic carbocycles. The molecular formula is C20H22S. The monoisotopic (exact) mass is 294 g/mol. The first-order chi connectivity index (χ1) is 10.3. The third-order valence-corrected chi connectivity index (χ3v) is 5.05. The number of hydrogen-bond donors (Lipinski definition) is 0. The van der Waals surface area contributed by atoms with Gasteiger partial charge in [0.2, 0.25) is 0 Å². The van der Waals surface area contributed by atoms with Crippen molar-refractivity contribution in [3.63, 3.8) is 0 Å². The van der Waals surface area contributed by atoms with E-state index in [1.54, 1.807) is 0 Å². The molecule has 0 atom stereocenters. The van der Waals surface area contributed by atoms with Gasteiger partial charge in [0.25, 0.3) is 0 Å². The van der Waals surface area contributed by atoms with Gasteiger partial charge in [-0.05, 0) is 47.1 Å². The van der Waals surface area contributed by atoms with E-state index in [4.69, 9.17) is 0 Å². The van der Waals surface area contributed by atoms with Crippen LogP contribution in [-0.4, -0.2) is 0 Å². The zero-order valence-corrected chi connectivity index (χ0v) is 13.7. The zero-order valence-electron chi connectivity index (χ0n) is 12.9. The van der Waals surface area contributed by atoms with E-state index < -0.39 is 0 Å². The lowest BCUT2D eigenvalue weighted by atomic mass is 10.0. The number of thiophene rings is 1. The van der Waals surface area contributed by atoms with E-state index in [-0.39, 0.29) is 0 Å². The van der Waals surface area contributed by atoms with Crippen molar-refractivity contribution in [2.24, 2.45) is 0 Å². The number of benzene rings is 2. The molecule has 0 aliphatic rings. The Morgan fingerprint density at radius 3 is 2.19 bits per heavy atom. The number of aryl methyl sites for hydroxylation is 2. The van der Waals surface area contributed by atoms with Crippen molar-refractivity contribution >= 4 is 21.4 Å². The zero-order chi connectivity index (χ0) is 14.7. The Labute approximate surface area is 131 Å². The first-order valence-electron chi connectivity index (χ1n) is 7.92. The van der Waals surface area contributed by atoms with Gasteiger partial charge < -0.3 is 0 Å². The van der Waals surface area contributed by atoms with Crippen molar-refractivity contribution in [1.82, 2.24) is 0 Å². The van der Waals surface area contributed by atoms with E-state index in [1.807, 2.05) is 11.3 Å². The van der Waals surface area contributed by atoms with Crippen molar-refractivity contribution in [3.05, 3.63) is 59.0 Å². The minimum Gasteiger partial charge on any atom is -0.140 e. The van der Waals surface area contributed by atoms with Crippen molar-refractivity contribution in [3.8, 4) is 11.1 Å². The van der Waals surface area contributed by atoms with Crippen LogP contribution in [0.25, 0.3) is 21.2 Å². The molecule has 0 spiro atoms. The molecule has 0 aliphatic heterocycles. The molecule has 3 rings (SSSR count). The molecule has 0 saturated carbocycles. The van der Waals surface area contributed by atoms with Gasteiger partial charge in [-0.1, -0.05) is 63.1 Å². The summed E-state index contributed by atoms with van der Waals surface area (Å²) in [5.74, 6) is 0. The predicted molar refractivity (Wildman–Crippen MR) is 95.3 cm³/mol. The molecule has 0 N–H and O–H groups in total. The highest BCUT2D eigenvalue weighted by atomic mass is 32.1. The van der Waals surface area contributed by atoms with Crippen LogP contribution < -0.4 is 0 Å². The smallest absolute Gasteiger partial charge is 0.0351 e. The average molecular weight is 294 g/mol. The molecular weight excluding hydrogens is 272 g/mol. The lowest BCUT2D eigenvalue weighted by molar-refractivity contribution is 0.922. The molecule has 2 aromatic carbocycles. The van der Waals surface area contributed by atoms with Gasteiger partial charge in [0.05, 0.1) is 0 Å². The molecule has 1 aromatic heterocycles. The van der Waals surface area contributed by atoms with Crippen LogP contribution in [0.15, 0.2) is 48.5 Å². The molecule has 0 fully saturated rings. The molecule has 108 valence electrons. The second-order valence-corrected chi connectivity index (χ2v) is 6.83. The van der Waals surface area contributed by atoms with Gasteiger partial charge in [-0.2, -0.15) is 0 Å². The molecule has 1 heterocycles. The Bertz CT molecular complexity index is 719. The molecule has 0 radical (unpaired) electrons. The summed E-state index contributed by atoms with van der Waals surface area (Å²) >= 11 is 1.94. The molecule has 21 heavy (non-hydrogen) atoms. The number of rotatable bonds is 5. The van der Waals surface area contributed by atoms with E-state index in [9.17, 15) is 0 Å². The van der Waals surface area contributed by atoms with Crippen LogP contribution in [0.2, 0.25) is 0 Å². The fraction of sp³-hybridized carbons (Fsp3) is 0.300. The van der Waals surface area contributed by atoms with E-state index in [0.29, 0.717) is 0 Å². The Morgan fingerprint density at radius 1 is 0.762 bits per heavy atom. The topological polar surface area (TPSA) is 0 Å². The predicted octanol–water partition coefficient (Wildman–Crippen LogP) is 6.47. The van der Waals surface area contributed by atoms with Crippen LogP contribution in [-0.2, 0) is 12.8 Å². The lowest BCUT2D eigenvalue weighted by Gasteiger charge is -2.04. The summed E-state index contributed by atoms with van der Waals surface area (Å²) in [4.78, 5) is 1.50. The van der Waals surface area contributed by atoms with Crippen molar-refractivity contribution < 1.29 is 0 Å². The largest absolute Gasteiger partial charge is 0.140 e. The minimum absolute atomic E-state index is 1.17. The average Bonchev–Trinajstić information content (AvgIpc) is 2.90. The number of hydrogen-bond acceptors (Lipinski definition) is 1. The van der Waals surface area contributed by atoms with E-state index in [1.165, 1.54) is 57.3 Å². The van der Waals surface area contributed by atoms with Gasteiger partial charge >= 0.3 is 0 Å². The van der Waals surface area contributed by atoms with Crippen molar-refractivity contribution in [1.29, 1.82) is 0 Å².